The molecule has 1 aromatic rings. The van der Waals surface area contributed by atoms with Crippen LogP contribution in [0.5, 0.6) is 0 Å². The van der Waals surface area contributed by atoms with Crippen molar-refractivity contribution in [2.24, 2.45) is 0 Å². The molecule has 0 spiro atoms. The summed E-state index contributed by atoms with van der Waals surface area (Å²) in [6.45, 7) is 5.68. The van der Waals surface area contributed by atoms with Crippen molar-refractivity contribution >= 4 is 11.8 Å². The molecule has 0 aromatic carbocycles. The lowest BCUT2D eigenvalue weighted by atomic mass is 10.3. The smallest absolute Gasteiger partial charge is 0.286 e. The second kappa shape index (κ2) is 9.99. The Morgan fingerprint density at radius 2 is 2.00 bits per heavy atom. The molecule has 1 aromatic heterocycles. The maximum Gasteiger partial charge on any atom is 0.286 e. The first-order chi connectivity index (χ1) is 10.1. The second-order valence-electron chi connectivity index (χ2n) is 4.96. The largest absolute Gasteiger partial charge is 0.459 e. The molecule has 2 N–H and O–H groups in total. The zero-order valence-electron chi connectivity index (χ0n) is 12.7. The van der Waals surface area contributed by atoms with E-state index in [2.05, 4.69) is 10.6 Å². The maximum atomic E-state index is 11.5. The number of amides is 2. The Labute approximate surface area is 125 Å². The fourth-order valence-corrected chi connectivity index (χ4v) is 1.65. The highest BCUT2D eigenvalue weighted by atomic mass is 16.5. The van der Waals surface area contributed by atoms with Gasteiger partial charge in [0.05, 0.1) is 12.4 Å². The molecule has 0 aliphatic heterocycles. The van der Waals surface area contributed by atoms with E-state index >= 15 is 0 Å². The molecule has 0 aliphatic rings. The molecule has 6 nitrogen and oxygen atoms in total. The van der Waals surface area contributed by atoms with Crippen LogP contribution in [0.1, 0.15) is 43.7 Å². The Hall–Kier alpha value is -1.82. The van der Waals surface area contributed by atoms with Crippen LogP contribution in [0.25, 0.3) is 0 Å². The van der Waals surface area contributed by atoms with Crippen LogP contribution >= 0.6 is 0 Å². The quantitative estimate of drug-likeness (QED) is 0.644. The van der Waals surface area contributed by atoms with Crippen LogP contribution < -0.4 is 10.6 Å². The summed E-state index contributed by atoms with van der Waals surface area (Å²) >= 11 is 0. The number of nitrogens with one attached hydrogen (secondary N) is 2. The van der Waals surface area contributed by atoms with Gasteiger partial charge in [0.15, 0.2) is 5.76 Å². The maximum absolute atomic E-state index is 11.5. The Morgan fingerprint density at radius 1 is 1.24 bits per heavy atom. The molecule has 118 valence electrons. The number of hydrogen-bond donors (Lipinski definition) is 2. The van der Waals surface area contributed by atoms with E-state index in [1.165, 1.54) is 6.26 Å². The molecule has 1 heterocycles. The summed E-state index contributed by atoms with van der Waals surface area (Å²) in [7, 11) is 0. The molecular weight excluding hydrogens is 272 g/mol. The van der Waals surface area contributed by atoms with E-state index in [0.29, 0.717) is 32.5 Å². The Kier molecular flexibility index (Phi) is 8.19. The van der Waals surface area contributed by atoms with E-state index < -0.39 is 0 Å². The molecule has 2 amide bonds. The second-order valence-corrected chi connectivity index (χ2v) is 4.96. The molecule has 0 saturated carbocycles. The average Bonchev–Trinajstić information content (AvgIpc) is 2.97. The van der Waals surface area contributed by atoms with Crippen molar-refractivity contribution in [3.8, 4) is 0 Å². The van der Waals surface area contributed by atoms with E-state index in [1.54, 1.807) is 12.1 Å². The molecule has 0 unspecified atom stereocenters. The fraction of sp³-hybridized carbons (Fsp3) is 0.600. The standard InChI is InChI=1S/C15H24N2O4/c1-12(2)20-11-5-9-16-14(18)7-3-8-17-15(19)13-6-4-10-21-13/h4,6,10,12H,3,5,7-9,11H2,1-2H3,(H,16,18)(H,17,19). The molecule has 0 radical (unpaired) electrons. The third kappa shape index (κ3) is 8.14. The lowest BCUT2D eigenvalue weighted by Crippen LogP contribution is -2.28. The number of carbonyl (C=O) groups is 2. The van der Waals surface area contributed by atoms with E-state index in [0.717, 1.165) is 6.42 Å². The average molecular weight is 296 g/mol. The van der Waals surface area contributed by atoms with Gasteiger partial charge in [0.2, 0.25) is 5.91 Å². The van der Waals surface area contributed by atoms with Gasteiger partial charge in [-0.05, 0) is 38.8 Å². The van der Waals surface area contributed by atoms with E-state index in [-0.39, 0.29) is 23.7 Å². The van der Waals surface area contributed by atoms with Crippen LogP contribution in [0.4, 0.5) is 0 Å². The third-order valence-electron chi connectivity index (χ3n) is 2.71. The van der Waals surface area contributed by atoms with E-state index in [1.807, 2.05) is 13.8 Å². The van der Waals surface area contributed by atoms with Crippen molar-refractivity contribution < 1.29 is 18.7 Å². The number of ether oxygens (including phenoxy) is 1. The van der Waals surface area contributed by atoms with Crippen molar-refractivity contribution in [2.75, 3.05) is 19.7 Å². The van der Waals surface area contributed by atoms with Crippen molar-refractivity contribution in [1.29, 1.82) is 0 Å². The van der Waals surface area contributed by atoms with Gasteiger partial charge in [-0.1, -0.05) is 0 Å². The zero-order valence-corrected chi connectivity index (χ0v) is 12.7. The first-order valence-corrected chi connectivity index (χ1v) is 7.29. The highest BCUT2D eigenvalue weighted by Gasteiger charge is 2.07. The van der Waals surface area contributed by atoms with Gasteiger partial charge in [0.25, 0.3) is 5.91 Å². The summed E-state index contributed by atoms with van der Waals surface area (Å²) in [5, 5.41) is 5.52. The van der Waals surface area contributed by atoms with Gasteiger partial charge < -0.3 is 19.8 Å². The van der Waals surface area contributed by atoms with Crippen molar-refractivity contribution in [2.45, 2.75) is 39.2 Å². The summed E-state index contributed by atoms with van der Waals surface area (Å²) in [6, 6.07) is 3.26. The molecule has 0 saturated heterocycles. The van der Waals surface area contributed by atoms with Gasteiger partial charge in [0.1, 0.15) is 0 Å². The zero-order chi connectivity index (χ0) is 15.5. The summed E-state index contributed by atoms with van der Waals surface area (Å²) in [5.74, 6) is 0.0163. The van der Waals surface area contributed by atoms with Crippen LogP contribution in [-0.4, -0.2) is 37.6 Å². The van der Waals surface area contributed by atoms with Crippen molar-refractivity contribution in [3.05, 3.63) is 24.2 Å². The highest BCUT2D eigenvalue weighted by molar-refractivity contribution is 5.91. The summed E-state index contributed by atoms with van der Waals surface area (Å²) in [4.78, 5) is 23.1. The predicted octanol–water partition coefficient (Wildman–Crippen LogP) is 1.72. The highest BCUT2D eigenvalue weighted by Crippen LogP contribution is 1.99. The van der Waals surface area contributed by atoms with Crippen LogP contribution in [0.2, 0.25) is 0 Å². The van der Waals surface area contributed by atoms with Crippen LogP contribution in [0, 0.1) is 0 Å². The molecule has 0 bridgehead atoms. The first-order valence-electron chi connectivity index (χ1n) is 7.29. The summed E-state index contributed by atoms with van der Waals surface area (Å²) in [5.41, 5.74) is 0. The number of furan rings is 1. The number of carbonyl (C=O) groups excluding carboxylic acids is 2. The lowest BCUT2D eigenvalue weighted by Gasteiger charge is -2.08. The van der Waals surface area contributed by atoms with E-state index in [4.69, 9.17) is 9.15 Å². The number of hydrogen-bond acceptors (Lipinski definition) is 4. The van der Waals surface area contributed by atoms with Crippen molar-refractivity contribution in [1.82, 2.24) is 10.6 Å². The van der Waals surface area contributed by atoms with Gasteiger partial charge in [-0.2, -0.15) is 0 Å². The lowest BCUT2D eigenvalue weighted by molar-refractivity contribution is -0.121. The predicted molar refractivity (Wildman–Crippen MR) is 79.0 cm³/mol. The van der Waals surface area contributed by atoms with Crippen LogP contribution in [0.15, 0.2) is 22.8 Å². The Balaban J connectivity index is 1.97. The Bertz CT molecular complexity index is 415. The minimum atomic E-state index is -0.258. The van der Waals surface area contributed by atoms with Crippen LogP contribution in [0.3, 0.4) is 0 Å². The van der Waals surface area contributed by atoms with Gasteiger partial charge >= 0.3 is 0 Å². The van der Waals surface area contributed by atoms with Gasteiger partial charge in [0, 0.05) is 26.1 Å². The van der Waals surface area contributed by atoms with E-state index in [9.17, 15) is 9.59 Å². The summed E-state index contributed by atoms with van der Waals surface area (Å²) in [6.07, 6.45) is 3.47. The molecule has 1 rings (SSSR count). The normalized spacial score (nSPS) is 10.6. The number of rotatable bonds is 10. The fourth-order valence-electron chi connectivity index (χ4n) is 1.65. The molecule has 6 heteroatoms. The van der Waals surface area contributed by atoms with Crippen molar-refractivity contribution in [3.63, 3.8) is 0 Å². The van der Waals surface area contributed by atoms with Gasteiger partial charge in [-0.25, -0.2) is 0 Å². The van der Waals surface area contributed by atoms with Gasteiger partial charge in [-0.15, -0.1) is 0 Å². The molecule has 0 atom stereocenters. The summed E-state index contributed by atoms with van der Waals surface area (Å²) < 4.78 is 10.3. The molecular formula is C15H24N2O4. The van der Waals surface area contributed by atoms with Crippen LogP contribution in [-0.2, 0) is 9.53 Å². The molecule has 0 aliphatic carbocycles. The minimum Gasteiger partial charge on any atom is -0.459 e. The molecule has 21 heavy (non-hydrogen) atoms. The SMILES string of the molecule is CC(C)OCCCNC(=O)CCCNC(=O)c1ccco1. The third-order valence-corrected chi connectivity index (χ3v) is 2.71. The first kappa shape index (κ1) is 17.2. The topological polar surface area (TPSA) is 80.6 Å². The van der Waals surface area contributed by atoms with Gasteiger partial charge in [-0.3, -0.25) is 9.59 Å². The molecule has 0 fully saturated rings. The minimum absolute atomic E-state index is 0.00760. The Morgan fingerprint density at radius 3 is 2.67 bits per heavy atom. The monoisotopic (exact) mass is 296 g/mol.